The molecule has 0 aromatic carbocycles. The van der Waals surface area contributed by atoms with Crippen molar-refractivity contribution in [2.45, 2.75) is 62.9 Å². The standard InChI is InChI=1S/C16H24O2S2/c1-11(2)15(17)19-13-7-5-6-8-14(10-9-13)20-16(18)12(3)4/h13-14H,1,3,5-10H2,2,4H3. The van der Waals surface area contributed by atoms with Crippen molar-refractivity contribution in [2.24, 2.45) is 0 Å². The molecule has 1 fully saturated rings. The Morgan fingerprint density at radius 3 is 1.45 bits per heavy atom. The van der Waals surface area contributed by atoms with Crippen molar-refractivity contribution in [3.63, 3.8) is 0 Å². The van der Waals surface area contributed by atoms with Crippen molar-refractivity contribution >= 4 is 33.8 Å². The molecule has 0 heterocycles. The first kappa shape index (κ1) is 17.6. The van der Waals surface area contributed by atoms with E-state index >= 15 is 0 Å². The van der Waals surface area contributed by atoms with Crippen molar-refractivity contribution in [3.8, 4) is 0 Å². The van der Waals surface area contributed by atoms with E-state index in [9.17, 15) is 9.59 Å². The summed E-state index contributed by atoms with van der Waals surface area (Å²) in [6, 6.07) is 0. The zero-order valence-corrected chi connectivity index (χ0v) is 14.1. The van der Waals surface area contributed by atoms with E-state index in [-0.39, 0.29) is 10.2 Å². The lowest BCUT2D eigenvalue weighted by Crippen LogP contribution is -2.16. The number of carbonyl (C=O) groups excluding carboxylic acids is 2. The topological polar surface area (TPSA) is 34.1 Å². The largest absolute Gasteiger partial charge is 0.282 e. The van der Waals surface area contributed by atoms with Crippen molar-refractivity contribution < 1.29 is 9.59 Å². The molecule has 1 saturated carbocycles. The highest BCUT2D eigenvalue weighted by molar-refractivity contribution is 8.15. The fourth-order valence-electron chi connectivity index (χ4n) is 2.14. The van der Waals surface area contributed by atoms with Gasteiger partial charge in [0.15, 0.2) is 0 Å². The van der Waals surface area contributed by atoms with Gasteiger partial charge < -0.3 is 0 Å². The van der Waals surface area contributed by atoms with Crippen molar-refractivity contribution in [1.82, 2.24) is 0 Å². The fourth-order valence-corrected chi connectivity index (χ4v) is 4.23. The molecule has 4 heteroatoms. The van der Waals surface area contributed by atoms with Crippen LogP contribution in [0.2, 0.25) is 0 Å². The van der Waals surface area contributed by atoms with Gasteiger partial charge in [0.1, 0.15) is 0 Å². The Hall–Kier alpha value is -0.480. The second kappa shape index (κ2) is 8.73. The summed E-state index contributed by atoms with van der Waals surface area (Å²) in [6.45, 7) is 10.9. The molecule has 20 heavy (non-hydrogen) atoms. The van der Waals surface area contributed by atoms with Crippen molar-refractivity contribution in [1.29, 1.82) is 0 Å². The molecule has 0 amide bonds. The molecule has 1 rings (SSSR count). The summed E-state index contributed by atoms with van der Waals surface area (Å²) in [5.74, 6) is 0. The Kier molecular flexibility index (Phi) is 7.67. The van der Waals surface area contributed by atoms with Crippen LogP contribution < -0.4 is 0 Å². The van der Waals surface area contributed by atoms with Crippen LogP contribution in [-0.2, 0) is 9.59 Å². The molecule has 0 spiro atoms. The molecule has 0 aliphatic heterocycles. The van der Waals surface area contributed by atoms with Gasteiger partial charge in [-0.1, -0.05) is 49.5 Å². The van der Waals surface area contributed by atoms with Gasteiger partial charge >= 0.3 is 0 Å². The number of hydrogen-bond acceptors (Lipinski definition) is 4. The summed E-state index contributed by atoms with van der Waals surface area (Å²) in [7, 11) is 0. The van der Waals surface area contributed by atoms with E-state index in [1.165, 1.54) is 23.5 Å². The summed E-state index contributed by atoms with van der Waals surface area (Å²) in [5.41, 5.74) is 1.25. The molecule has 0 aromatic heterocycles. The first-order chi connectivity index (χ1) is 9.40. The third-order valence-corrected chi connectivity index (χ3v) is 6.09. The number of carbonyl (C=O) groups is 2. The van der Waals surface area contributed by atoms with Crippen LogP contribution >= 0.6 is 23.5 Å². The Morgan fingerprint density at radius 2 is 1.15 bits per heavy atom. The number of hydrogen-bond donors (Lipinski definition) is 0. The molecular formula is C16H24O2S2. The Balaban J connectivity index is 2.49. The lowest BCUT2D eigenvalue weighted by atomic mass is 10.0. The summed E-state index contributed by atoms with van der Waals surface area (Å²) < 4.78 is 0. The van der Waals surface area contributed by atoms with E-state index in [0.29, 0.717) is 21.6 Å². The maximum Gasteiger partial charge on any atom is 0.214 e. The average Bonchev–Trinajstić information content (AvgIpc) is 2.35. The van der Waals surface area contributed by atoms with Gasteiger partial charge in [0.2, 0.25) is 10.2 Å². The normalized spacial score (nSPS) is 23.5. The van der Waals surface area contributed by atoms with Crippen LogP contribution in [0.3, 0.4) is 0 Å². The molecule has 0 aromatic rings. The number of thioether (sulfide) groups is 2. The molecule has 0 saturated heterocycles. The predicted octanol–water partition coefficient (Wildman–Crippen LogP) is 4.75. The number of rotatable bonds is 4. The quantitative estimate of drug-likeness (QED) is 0.702. The average molecular weight is 313 g/mol. The third-order valence-electron chi connectivity index (χ3n) is 3.36. The minimum Gasteiger partial charge on any atom is -0.282 e. The minimum absolute atomic E-state index is 0.109. The fraction of sp³-hybridized carbons (Fsp3) is 0.625. The van der Waals surface area contributed by atoms with E-state index in [2.05, 4.69) is 13.2 Å². The van der Waals surface area contributed by atoms with Gasteiger partial charge in [0, 0.05) is 10.5 Å². The van der Waals surface area contributed by atoms with E-state index < -0.39 is 0 Å². The summed E-state index contributed by atoms with van der Waals surface area (Å²) in [5, 5.41) is 0.973. The van der Waals surface area contributed by atoms with Crippen LogP contribution in [0.25, 0.3) is 0 Å². The van der Waals surface area contributed by atoms with Gasteiger partial charge in [-0.05, 0) is 50.7 Å². The summed E-state index contributed by atoms with van der Waals surface area (Å²) in [4.78, 5) is 23.5. The summed E-state index contributed by atoms with van der Waals surface area (Å²) in [6.07, 6.45) is 6.47. The first-order valence-corrected chi connectivity index (χ1v) is 8.89. The Labute approximate surface area is 130 Å². The van der Waals surface area contributed by atoms with Crippen molar-refractivity contribution in [2.75, 3.05) is 0 Å². The second-order valence-corrected chi connectivity index (χ2v) is 8.02. The maximum absolute atomic E-state index is 11.8. The highest BCUT2D eigenvalue weighted by Gasteiger charge is 2.22. The smallest absolute Gasteiger partial charge is 0.214 e. The Morgan fingerprint density at radius 1 is 0.800 bits per heavy atom. The van der Waals surface area contributed by atoms with Crippen LogP contribution in [-0.4, -0.2) is 20.7 Å². The molecule has 1 aliphatic rings. The SMILES string of the molecule is C=C(C)C(=O)SC1CCCCC(SC(=O)C(=C)C)CC1. The molecule has 2 unspecified atom stereocenters. The Bertz CT molecular complexity index is 363. The van der Waals surface area contributed by atoms with Crippen LogP contribution in [0, 0.1) is 0 Å². The highest BCUT2D eigenvalue weighted by atomic mass is 32.2. The highest BCUT2D eigenvalue weighted by Crippen LogP contribution is 2.33. The molecule has 1 aliphatic carbocycles. The lowest BCUT2D eigenvalue weighted by molar-refractivity contribution is -0.108. The van der Waals surface area contributed by atoms with Gasteiger partial charge in [-0.15, -0.1) is 0 Å². The molecule has 2 atom stereocenters. The molecule has 0 N–H and O–H groups in total. The maximum atomic E-state index is 11.8. The van der Waals surface area contributed by atoms with E-state index in [1.54, 1.807) is 13.8 Å². The van der Waals surface area contributed by atoms with Crippen LogP contribution in [0.15, 0.2) is 24.3 Å². The summed E-state index contributed by atoms with van der Waals surface area (Å²) >= 11 is 2.86. The third kappa shape index (κ3) is 6.31. The molecule has 0 bridgehead atoms. The molecular weight excluding hydrogens is 288 g/mol. The van der Waals surface area contributed by atoms with Crippen molar-refractivity contribution in [3.05, 3.63) is 24.3 Å². The van der Waals surface area contributed by atoms with Gasteiger partial charge in [-0.3, -0.25) is 9.59 Å². The van der Waals surface area contributed by atoms with Crippen LogP contribution in [0.1, 0.15) is 52.4 Å². The molecule has 0 radical (unpaired) electrons. The molecule has 2 nitrogen and oxygen atoms in total. The van der Waals surface area contributed by atoms with E-state index in [0.717, 1.165) is 38.5 Å². The predicted molar refractivity (Wildman–Crippen MR) is 90.1 cm³/mol. The van der Waals surface area contributed by atoms with Gasteiger partial charge in [0.05, 0.1) is 0 Å². The lowest BCUT2D eigenvalue weighted by Gasteiger charge is -2.23. The minimum atomic E-state index is 0.109. The van der Waals surface area contributed by atoms with Crippen LogP contribution in [0.5, 0.6) is 0 Å². The van der Waals surface area contributed by atoms with Crippen LogP contribution in [0.4, 0.5) is 0 Å². The molecule has 112 valence electrons. The van der Waals surface area contributed by atoms with E-state index in [4.69, 9.17) is 0 Å². The van der Waals surface area contributed by atoms with Gasteiger partial charge in [-0.25, -0.2) is 0 Å². The zero-order valence-electron chi connectivity index (χ0n) is 12.4. The first-order valence-electron chi connectivity index (χ1n) is 7.13. The monoisotopic (exact) mass is 312 g/mol. The van der Waals surface area contributed by atoms with Gasteiger partial charge in [0.25, 0.3) is 0 Å². The second-order valence-electron chi connectivity index (χ2n) is 5.48. The van der Waals surface area contributed by atoms with E-state index in [1.807, 2.05) is 0 Å². The zero-order chi connectivity index (χ0) is 15.1. The van der Waals surface area contributed by atoms with Gasteiger partial charge in [-0.2, -0.15) is 0 Å².